The van der Waals surface area contributed by atoms with Crippen molar-refractivity contribution in [2.24, 2.45) is 0 Å². The molecule has 1 aliphatic carbocycles. The second kappa shape index (κ2) is 8.40. The fraction of sp³-hybridized carbons (Fsp3) is 0.292. The van der Waals surface area contributed by atoms with Crippen molar-refractivity contribution in [3.05, 3.63) is 82.6 Å². The number of thiazole rings is 1. The average Bonchev–Trinajstić information content (AvgIpc) is 3.38. The third kappa shape index (κ3) is 4.00. The molecular formula is C24H24N4OS. The number of benzene rings is 2. The number of carbonyl (C=O) groups is 1. The summed E-state index contributed by atoms with van der Waals surface area (Å²) in [5, 5.41) is 8.89. The first-order valence-electron chi connectivity index (χ1n) is 10.5. The number of rotatable bonds is 6. The Bertz CT molecular complexity index is 1130. The number of aryl methyl sites for hydroxylation is 1. The first kappa shape index (κ1) is 19.0. The highest BCUT2D eigenvalue weighted by atomic mass is 32.1. The molecule has 152 valence electrons. The summed E-state index contributed by atoms with van der Waals surface area (Å²) in [7, 11) is 0. The van der Waals surface area contributed by atoms with Crippen LogP contribution in [0.2, 0.25) is 0 Å². The molecule has 2 aromatic carbocycles. The van der Waals surface area contributed by atoms with Crippen LogP contribution in [0.4, 0.5) is 0 Å². The summed E-state index contributed by atoms with van der Waals surface area (Å²) in [5.74, 6) is 0.0860. The highest BCUT2D eigenvalue weighted by Gasteiger charge is 2.25. The Morgan fingerprint density at radius 2 is 1.97 bits per heavy atom. The molecule has 1 N–H and O–H groups in total. The lowest BCUT2D eigenvalue weighted by Crippen LogP contribution is -2.31. The normalized spacial score (nSPS) is 15.8. The standard InChI is InChI=1S/C24H24N4OS/c29-23(13-14-24-27-20-9-4-5-12-22(20)30-24)26-19-10-6-11-21-18(19)15-25-28(21)16-17-7-2-1-3-8-17/h1-5,7-9,12,15,19H,6,10-11,13-14,16H2,(H,26,29)/t19-/m1/s1. The number of hydrogen-bond donors (Lipinski definition) is 1. The molecule has 1 amide bonds. The summed E-state index contributed by atoms with van der Waals surface area (Å²) >= 11 is 1.67. The van der Waals surface area contributed by atoms with E-state index < -0.39 is 0 Å². The number of nitrogens with zero attached hydrogens (tertiary/aromatic N) is 3. The van der Waals surface area contributed by atoms with Gasteiger partial charge < -0.3 is 5.32 Å². The van der Waals surface area contributed by atoms with Crippen LogP contribution in [0.15, 0.2) is 60.8 Å². The predicted octanol–water partition coefficient (Wildman–Crippen LogP) is 4.67. The fourth-order valence-corrected chi connectivity index (χ4v) is 5.14. The van der Waals surface area contributed by atoms with Crippen molar-refractivity contribution < 1.29 is 4.79 Å². The highest BCUT2D eigenvalue weighted by molar-refractivity contribution is 7.18. The molecule has 5 nitrogen and oxygen atoms in total. The Hall–Kier alpha value is -2.99. The first-order valence-corrected chi connectivity index (χ1v) is 11.3. The maximum Gasteiger partial charge on any atom is 0.220 e. The molecule has 0 bridgehead atoms. The lowest BCUT2D eigenvalue weighted by Gasteiger charge is -2.24. The van der Waals surface area contributed by atoms with E-state index in [2.05, 4.69) is 50.4 Å². The largest absolute Gasteiger partial charge is 0.349 e. The van der Waals surface area contributed by atoms with E-state index in [0.29, 0.717) is 12.8 Å². The van der Waals surface area contributed by atoms with Crippen molar-refractivity contribution in [1.29, 1.82) is 0 Å². The smallest absolute Gasteiger partial charge is 0.220 e. The highest BCUT2D eigenvalue weighted by Crippen LogP contribution is 2.30. The van der Waals surface area contributed by atoms with Crippen LogP contribution in [-0.4, -0.2) is 20.7 Å². The maximum absolute atomic E-state index is 12.6. The molecule has 0 unspecified atom stereocenters. The third-order valence-corrected chi connectivity index (χ3v) is 6.77. The fourth-order valence-electron chi connectivity index (χ4n) is 4.18. The number of para-hydroxylation sites is 1. The monoisotopic (exact) mass is 416 g/mol. The molecule has 5 rings (SSSR count). The summed E-state index contributed by atoms with van der Waals surface area (Å²) in [6.45, 7) is 0.772. The van der Waals surface area contributed by atoms with E-state index in [1.165, 1.54) is 21.5 Å². The quantitative estimate of drug-likeness (QED) is 0.497. The van der Waals surface area contributed by atoms with Crippen molar-refractivity contribution in [3.8, 4) is 0 Å². The lowest BCUT2D eigenvalue weighted by atomic mass is 9.92. The number of aromatic nitrogens is 3. The van der Waals surface area contributed by atoms with Gasteiger partial charge in [-0.2, -0.15) is 5.10 Å². The summed E-state index contributed by atoms with van der Waals surface area (Å²) in [4.78, 5) is 17.3. The Morgan fingerprint density at radius 3 is 2.83 bits per heavy atom. The Labute approximate surface area is 179 Å². The van der Waals surface area contributed by atoms with Gasteiger partial charge in [0, 0.05) is 24.1 Å². The zero-order valence-corrected chi connectivity index (χ0v) is 17.6. The van der Waals surface area contributed by atoms with E-state index >= 15 is 0 Å². The van der Waals surface area contributed by atoms with Crippen molar-refractivity contribution in [3.63, 3.8) is 0 Å². The van der Waals surface area contributed by atoms with Gasteiger partial charge in [0.2, 0.25) is 5.91 Å². The van der Waals surface area contributed by atoms with E-state index in [1.807, 2.05) is 30.5 Å². The molecule has 6 heteroatoms. The zero-order valence-electron chi connectivity index (χ0n) is 16.8. The van der Waals surface area contributed by atoms with Crippen molar-refractivity contribution in [2.45, 2.75) is 44.7 Å². The van der Waals surface area contributed by atoms with Gasteiger partial charge in [-0.1, -0.05) is 42.5 Å². The Kier molecular flexibility index (Phi) is 5.32. The van der Waals surface area contributed by atoms with Gasteiger partial charge in [0.15, 0.2) is 0 Å². The predicted molar refractivity (Wildman–Crippen MR) is 120 cm³/mol. The zero-order chi connectivity index (χ0) is 20.3. The van der Waals surface area contributed by atoms with Crippen LogP contribution in [0.5, 0.6) is 0 Å². The summed E-state index contributed by atoms with van der Waals surface area (Å²) in [5.41, 5.74) is 4.68. The minimum atomic E-state index is 0.0566. The third-order valence-electron chi connectivity index (χ3n) is 5.68. The van der Waals surface area contributed by atoms with Crippen LogP contribution in [0.3, 0.4) is 0 Å². The van der Waals surface area contributed by atoms with Crippen molar-refractivity contribution >= 4 is 27.5 Å². The van der Waals surface area contributed by atoms with E-state index in [1.54, 1.807) is 11.3 Å². The molecule has 1 atom stereocenters. The topological polar surface area (TPSA) is 59.8 Å². The summed E-state index contributed by atoms with van der Waals surface area (Å²) in [6, 6.07) is 18.6. The van der Waals surface area contributed by atoms with Crippen LogP contribution in [0.1, 0.15) is 47.1 Å². The minimum Gasteiger partial charge on any atom is -0.349 e. The summed E-state index contributed by atoms with van der Waals surface area (Å²) < 4.78 is 3.26. The van der Waals surface area contributed by atoms with Gasteiger partial charge in [-0.15, -0.1) is 11.3 Å². The number of carbonyl (C=O) groups excluding carboxylic acids is 1. The van der Waals surface area contributed by atoms with Gasteiger partial charge in [-0.3, -0.25) is 9.48 Å². The number of amides is 1. The molecule has 0 radical (unpaired) electrons. The molecule has 0 saturated carbocycles. The molecule has 4 aromatic rings. The number of hydrogen-bond acceptors (Lipinski definition) is 4. The van der Waals surface area contributed by atoms with Gasteiger partial charge in [0.05, 0.1) is 34.0 Å². The second-order valence-corrected chi connectivity index (χ2v) is 8.89. The molecule has 30 heavy (non-hydrogen) atoms. The second-order valence-electron chi connectivity index (χ2n) is 7.78. The SMILES string of the molecule is O=C(CCc1nc2ccccc2s1)N[C@@H]1CCCc2c1cnn2Cc1ccccc1. The maximum atomic E-state index is 12.6. The molecule has 1 aliphatic rings. The van der Waals surface area contributed by atoms with E-state index in [-0.39, 0.29) is 11.9 Å². The molecule has 2 heterocycles. The van der Waals surface area contributed by atoms with Crippen molar-refractivity contribution in [2.75, 3.05) is 0 Å². The molecule has 0 spiro atoms. The van der Waals surface area contributed by atoms with Gasteiger partial charge in [0.25, 0.3) is 0 Å². The molecule has 2 aromatic heterocycles. The van der Waals surface area contributed by atoms with Crippen LogP contribution in [-0.2, 0) is 24.2 Å². The molecule has 0 fully saturated rings. The van der Waals surface area contributed by atoms with E-state index in [0.717, 1.165) is 36.3 Å². The van der Waals surface area contributed by atoms with Gasteiger partial charge >= 0.3 is 0 Å². The van der Waals surface area contributed by atoms with Gasteiger partial charge in [-0.05, 0) is 37.0 Å². The summed E-state index contributed by atoms with van der Waals surface area (Å²) in [6.07, 6.45) is 6.13. The van der Waals surface area contributed by atoms with Crippen LogP contribution in [0, 0.1) is 0 Å². The lowest BCUT2D eigenvalue weighted by molar-refractivity contribution is -0.121. The van der Waals surface area contributed by atoms with Crippen LogP contribution >= 0.6 is 11.3 Å². The van der Waals surface area contributed by atoms with E-state index in [9.17, 15) is 4.79 Å². The van der Waals surface area contributed by atoms with Gasteiger partial charge in [0.1, 0.15) is 0 Å². The minimum absolute atomic E-state index is 0.0566. The van der Waals surface area contributed by atoms with E-state index in [4.69, 9.17) is 0 Å². The van der Waals surface area contributed by atoms with Crippen LogP contribution < -0.4 is 5.32 Å². The number of fused-ring (bicyclic) bond motifs is 2. The Morgan fingerprint density at radius 1 is 1.13 bits per heavy atom. The molecule has 0 aliphatic heterocycles. The molecular weight excluding hydrogens is 392 g/mol. The average molecular weight is 417 g/mol. The first-order chi connectivity index (χ1) is 14.8. The van der Waals surface area contributed by atoms with Crippen LogP contribution in [0.25, 0.3) is 10.2 Å². The van der Waals surface area contributed by atoms with Gasteiger partial charge in [-0.25, -0.2) is 4.98 Å². The Balaban J connectivity index is 1.23. The van der Waals surface area contributed by atoms with Crippen molar-refractivity contribution in [1.82, 2.24) is 20.1 Å². The number of nitrogens with one attached hydrogen (secondary N) is 1. The molecule has 0 saturated heterocycles.